The van der Waals surface area contributed by atoms with Gasteiger partial charge in [-0.05, 0) is 37.2 Å². The summed E-state index contributed by atoms with van der Waals surface area (Å²) in [5, 5.41) is 6.16. The van der Waals surface area contributed by atoms with E-state index in [9.17, 15) is 4.79 Å². The van der Waals surface area contributed by atoms with E-state index in [1.54, 1.807) is 0 Å². The van der Waals surface area contributed by atoms with Crippen LogP contribution in [0.1, 0.15) is 26.2 Å². The fraction of sp³-hybridized carbons (Fsp3) is 0.533. The van der Waals surface area contributed by atoms with Gasteiger partial charge in [-0.2, -0.15) is 0 Å². The van der Waals surface area contributed by atoms with Crippen LogP contribution in [0.3, 0.4) is 0 Å². The predicted octanol–water partition coefficient (Wildman–Crippen LogP) is 2.47. The van der Waals surface area contributed by atoms with E-state index < -0.39 is 0 Å². The summed E-state index contributed by atoms with van der Waals surface area (Å²) in [7, 11) is 3.99. The number of carbonyl (C=O) groups excluding carboxylic acids is 1. The molecule has 0 heterocycles. The smallest absolute Gasteiger partial charge is 0.225 e. The van der Waals surface area contributed by atoms with E-state index >= 15 is 0 Å². The molecule has 0 aromatic heterocycles. The van der Waals surface area contributed by atoms with Gasteiger partial charge < -0.3 is 15.5 Å². The molecule has 0 spiro atoms. The van der Waals surface area contributed by atoms with Gasteiger partial charge in [0.25, 0.3) is 0 Å². The molecule has 1 aromatic carbocycles. The zero-order chi connectivity index (χ0) is 14.1. The maximum absolute atomic E-state index is 11.7. The van der Waals surface area contributed by atoms with Crippen molar-refractivity contribution in [2.75, 3.05) is 37.4 Å². The second-order valence-electron chi connectivity index (χ2n) is 4.84. The second-order valence-corrected chi connectivity index (χ2v) is 4.84. The molecule has 0 bridgehead atoms. The summed E-state index contributed by atoms with van der Waals surface area (Å²) >= 11 is 0. The molecule has 0 saturated heterocycles. The van der Waals surface area contributed by atoms with E-state index in [0.717, 1.165) is 30.9 Å². The number of nitrogens with one attached hydrogen (secondary N) is 2. The molecule has 0 unspecified atom stereocenters. The predicted molar refractivity (Wildman–Crippen MR) is 81.8 cm³/mol. The van der Waals surface area contributed by atoms with Crippen molar-refractivity contribution >= 4 is 17.3 Å². The average Bonchev–Trinajstić information content (AvgIpc) is 2.39. The highest BCUT2D eigenvalue weighted by Gasteiger charge is 2.02. The Morgan fingerprint density at radius 1 is 1.16 bits per heavy atom. The summed E-state index contributed by atoms with van der Waals surface area (Å²) in [5.74, 6) is 0.0570. The van der Waals surface area contributed by atoms with E-state index in [1.165, 1.54) is 6.42 Å². The van der Waals surface area contributed by atoms with Crippen molar-refractivity contribution in [2.45, 2.75) is 26.2 Å². The van der Waals surface area contributed by atoms with Crippen LogP contribution in [-0.2, 0) is 4.79 Å². The summed E-state index contributed by atoms with van der Waals surface area (Å²) in [6, 6.07) is 7.85. The molecule has 19 heavy (non-hydrogen) atoms. The van der Waals surface area contributed by atoms with Crippen molar-refractivity contribution < 1.29 is 4.79 Å². The summed E-state index contributed by atoms with van der Waals surface area (Å²) in [6.07, 6.45) is 2.85. The van der Waals surface area contributed by atoms with E-state index in [1.807, 2.05) is 43.3 Å². The molecule has 4 nitrogen and oxygen atoms in total. The minimum absolute atomic E-state index is 0.0570. The number of hydrogen-bond acceptors (Lipinski definition) is 3. The number of unbranched alkanes of at least 4 members (excludes halogenated alkanes) is 1. The third-order valence-corrected chi connectivity index (χ3v) is 2.90. The highest BCUT2D eigenvalue weighted by atomic mass is 16.1. The van der Waals surface area contributed by atoms with Gasteiger partial charge in [0.2, 0.25) is 5.91 Å². The number of rotatable bonds is 8. The maximum atomic E-state index is 11.7. The molecular formula is C15H25N3O. The molecule has 106 valence electrons. The van der Waals surface area contributed by atoms with Crippen molar-refractivity contribution in [2.24, 2.45) is 0 Å². The fourth-order valence-corrected chi connectivity index (χ4v) is 1.70. The van der Waals surface area contributed by atoms with Crippen molar-refractivity contribution in [1.82, 2.24) is 5.32 Å². The Hall–Kier alpha value is -1.55. The Morgan fingerprint density at radius 3 is 2.42 bits per heavy atom. The van der Waals surface area contributed by atoms with E-state index in [-0.39, 0.29) is 5.91 Å². The van der Waals surface area contributed by atoms with E-state index in [0.29, 0.717) is 6.42 Å². The summed E-state index contributed by atoms with van der Waals surface area (Å²) in [6.45, 7) is 3.88. The van der Waals surface area contributed by atoms with Crippen LogP contribution >= 0.6 is 0 Å². The minimum Gasteiger partial charge on any atom is -0.378 e. The number of hydrogen-bond donors (Lipinski definition) is 2. The van der Waals surface area contributed by atoms with Gasteiger partial charge >= 0.3 is 0 Å². The molecule has 0 aliphatic rings. The highest BCUT2D eigenvalue weighted by Crippen LogP contribution is 2.15. The Balaban J connectivity index is 2.28. The minimum atomic E-state index is 0.0570. The van der Waals surface area contributed by atoms with E-state index in [4.69, 9.17) is 0 Å². The van der Waals surface area contributed by atoms with Crippen LogP contribution in [-0.4, -0.2) is 33.1 Å². The molecule has 0 saturated carbocycles. The number of benzene rings is 1. The van der Waals surface area contributed by atoms with Gasteiger partial charge in [0.15, 0.2) is 0 Å². The average molecular weight is 263 g/mol. The van der Waals surface area contributed by atoms with Crippen LogP contribution in [0.15, 0.2) is 24.3 Å². The van der Waals surface area contributed by atoms with Gasteiger partial charge in [0.1, 0.15) is 0 Å². The first kappa shape index (κ1) is 15.5. The quantitative estimate of drug-likeness (QED) is 0.708. The van der Waals surface area contributed by atoms with Gasteiger partial charge in [-0.25, -0.2) is 0 Å². The number of nitrogens with zero attached hydrogens (tertiary/aromatic N) is 1. The largest absolute Gasteiger partial charge is 0.378 e. The molecule has 0 aliphatic heterocycles. The van der Waals surface area contributed by atoms with Crippen LogP contribution in [0.25, 0.3) is 0 Å². The molecule has 2 N–H and O–H groups in total. The van der Waals surface area contributed by atoms with Gasteiger partial charge in [0, 0.05) is 38.4 Å². The lowest BCUT2D eigenvalue weighted by atomic mass is 10.2. The molecule has 1 rings (SSSR count). The molecular weight excluding hydrogens is 238 g/mol. The van der Waals surface area contributed by atoms with Crippen LogP contribution in [0.5, 0.6) is 0 Å². The number of carbonyl (C=O) groups is 1. The van der Waals surface area contributed by atoms with Crippen molar-refractivity contribution in [3.8, 4) is 0 Å². The van der Waals surface area contributed by atoms with Gasteiger partial charge in [-0.1, -0.05) is 13.3 Å². The normalized spacial score (nSPS) is 10.3. The standard InChI is InChI=1S/C15H25N3O/c1-4-5-11-16-12-10-15(19)17-13-6-8-14(9-7-13)18(2)3/h6-9,16H,4-5,10-12H2,1-3H3,(H,17,19). The Bertz CT molecular complexity index is 373. The molecule has 1 amide bonds. The van der Waals surface area contributed by atoms with Gasteiger partial charge in [-0.3, -0.25) is 4.79 Å². The summed E-state index contributed by atoms with van der Waals surface area (Å²) < 4.78 is 0. The monoisotopic (exact) mass is 263 g/mol. The zero-order valence-electron chi connectivity index (χ0n) is 12.2. The molecule has 4 heteroatoms. The van der Waals surface area contributed by atoms with Crippen LogP contribution in [0, 0.1) is 0 Å². The summed E-state index contributed by atoms with van der Waals surface area (Å²) in [5.41, 5.74) is 1.98. The van der Waals surface area contributed by atoms with E-state index in [2.05, 4.69) is 17.6 Å². The summed E-state index contributed by atoms with van der Waals surface area (Å²) in [4.78, 5) is 13.7. The zero-order valence-corrected chi connectivity index (χ0v) is 12.2. The first-order chi connectivity index (χ1) is 9.13. The van der Waals surface area contributed by atoms with Crippen LogP contribution in [0.2, 0.25) is 0 Å². The SMILES string of the molecule is CCCCNCCC(=O)Nc1ccc(N(C)C)cc1. The maximum Gasteiger partial charge on any atom is 0.225 e. The first-order valence-corrected chi connectivity index (χ1v) is 6.91. The molecule has 0 radical (unpaired) electrons. The van der Waals surface area contributed by atoms with Crippen LogP contribution < -0.4 is 15.5 Å². The Kier molecular flexibility index (Phi) is 6.97. The van der Waals surface area contributed by atoms with Crippen molar-refractivity contribution in [1.29, 1.82) is 0 Å². The lowest BCUT2D eigenvalue weighted by Gasteiger charge is -2.13. The fourth-order valence-electron chi connectivity index (χ4n) is 1.70. The van der Waals surface area contributed by atoms with Crippen LogP contribution in [0.4, 0.5) is 11.4 Å². The Labute approximate surface area is 116 Å². The molecule has 0 fully saturated rings. The number of anilines is 2. The van der Waals surface area contributed by atoms with Crippen molar-refractivity contribution in [3.63, 3.8) is 0 Å². The van der Waals surface area contributed by atoms with Gasteiger partial charge in [0.05, 0.1) is 0 Å². The van der Waals surface area contributed by atoms with Gasteiger partial charge in [-0.15, -0.1) is 0 Å². The third kappa shape index (κ3) is 6.25. The lowest BCUT2D eigenvalue weighted by Crippen LogP contribution is -2.22. The second kappa shape index (κ2) is 8.53. The lowest BCUT2D eigenvalue weighted by molar-refractivity contribution is -0.116. The Morgan fingerprint density at radius 2 is 1.84 bits per heavy atom. The topological polar surface area (TPSA) is 44.4 Å². The number of amides is 1. The third-order valence-electron chi connectivity index (χ3n) is 2.90. The molecule has 0 aliphatic carbocycles. The first-order valence-electron chi connectivity index (χ1n) is 6.91. The molecule has 1 aromatic rings. The molecule has 0 atom stereocenters. The highest BCUT2D eigenvalue weighted by molar-refractivity contribution is 5.90. The van der Waals surface area contributed by atoms with Crippen molar-refractivity contribution in [3.05, 3.63) is 24.3 Å².